The number of carbonyl (C=O) groups is 1. The second kappa shape index (κ2) is 9.34. The number of benzene rings is 1. The lowest BCUT2D eigenvalue weighted by atomic mass is 10.1. The van der Waals surface area contributed by atoms with Gasteiger partial charge >= 0.3 is 0 Å². The average molecular weight is 367 g/mol. The van der Waals surface area contributed by atoms with Crippen LogP contribution in [-0.2, 0) is 21.2 Å². The molecule has 1 aliphatic rings. The summed E-state index contributed by atoms with van der Waals surface area (Å²) in [5, 5.41) is 2.92. The molecule has 0 atom stereocenters. The summed E-state index contributed by atoms with van der Waals surface area (Å²) in [4.78, 5) is 12.3. The Bertz CT molecular complexity index is 665. The zero-order valence-corrected chi connectivity index (χ0v) is 16.1. The normalized spacial score (nSPS) is 16.6. The smallest absolute Gasteiger partial charge is 0.225 e. The zero-order chi connectivity index (χ0) is 18.3. The first-order chi connectivity index (χ1) is 11.9. The van der Waals surface area contributed by atoms with Gasteiger partial charge in [0.2, 0.25) is 15.9 Å². The molecular weight excluding hydrogens is 336 g/mol. The zero-order valence-electron chi connectivity index (χ0n) is 15.3. The average Bonchev–Trinajstić information content (AvgIpc) is 2.83. The van der Waals surface area contributed by atoms with E-state index in [1.165, 1.54) is 19.1 Å². The molecule has 2 rings (SSSR count). The first-order valence-corrected chi connectivity index (χ1v) is 11.1. The van der Waals surface area contributed by atoms with Crippen molar-refractivity contribution in [2.75, 3.05) is 18.1 Å². The van der Waals surface area contributed by atoms with Gasteiger partial charge in [-0.3, -0.25) is 4.79 Å². The molecule has 1 saturated carbocycles. The highest BCUT2D eigenvalue weighted by Crippen LogP contribution is 2.24. The maximum Gasteiger partial charge on any atom is 0.225 e. The van der Waals surface area contributed by atoms with Gasteiger partial charge in [0.25, 0.3) is 0 Å². The summed E-state index contributed by atoms with van der Waals surface area (Å²) in [6, 6.07) is 7.75. The predicted octanol–water partition coefficient (Wildman–Crippen LogP) is 3.56. The number of anilines is 1. The fraction of sp³-hybridized carbons (Fsp3) is 0.632. The Balaban J connectivity index is 1.98. The van der Waals surface area contributed by atoms with E-state index in [-0.39, 0.29) is 24.9 Å². The van der Waals surface area contributed by atoms with Crippen molar-refractivity contribution in [2.24, 2.45) is 0 Å². The van der Waals surface area contributed by atoms with Gasteiger partial charge in [-0.15, -0.1) is 0 Å². The largest absolute Gasteiger partial charge is 0.326 e. The number of aryl methyl sites for hydroxylation is 1. The molecular formula is C19H30N2O3S. The molecule has 6 heteroatoms. The molecule has 0 radical (unpaired) electrons. The molecule has 140 valence electrons. The van der Waals surface area contributed by atoms with Crippen LogP contribution in [0.3, 0.4) is 0 Å². The highest BCUT2D eigenvalue weighted by molar-refractivity contribution is 7.88. The Morgan fingerprint density at radius 1 is 1.16 bits per heavy atom. The minimum atomic E-state index is -3.31. The molecule has 1 fully saturated rings. The summed E-state index contributed by atoms with van der Waals surface area (Å²) < 4.78 is 26.0. The van der Waals surface area contributed by atoms with E-state index in [0.717, 1.165) is 43.4 Å². The lowest BCUT2D eigenvalue weighted by Crippen LogP contribution is -2.41. The van der Waals surface area contributed by atoms with E-state index in [2.05, 4.69) is 5.32 Å². The van der Waals surface area contributed by atoms with E-state index in [1.807, 2.05) is 31.2 Å². The van der Waals surface area contributed by atoms with Gasteiger partial charge in [0.15, 0.2) is 0 Å². The Morgan fingerprint density at radius 3 is 2.40 bits per heavy atom. The summed E-state index contributed by atoms with van der Waals surface area (Å²) in [7, 11) is -3.31. The van der Waals surface area contributed by atoms with Crippen LogP contribution in [0.4, 0.5) is 5.69 Å². The van der Waals surface area contributed by atoms with Crippen LogP contribution in [0.15, 0.2) is 24.3 Å². The van der Waals surface area contributed by atoms with Gasteiger partial charge in [-0.05, 0) is 30.9 Å². The molecule has 25 heavy (non-hydrogen) atoms. The van der Waals surface area contributed by atoms with Crippen molar-refractivity contribution in [3.05, 3.63) is 29.8 Å². The predicted molar refractivity (Wildman–Crippen MR) is 102 cm³/mol. The number of sulfonamides is 1. The third kappa shape index (κ3) is 6.12. The van der Waals surface area contributed by atoms with Gasteiger partial charge in [-0.1, -0.05) is 50.8 Å². The Morgan fingerprint density at radius 2 is 1.80 bits per heavy atom. The number of amides is 1. The van der Waals surface area contributed by atoms with Crippen LogP contribution >= 0.6 is 0 Å². The fourth-order valence-electron chi connectivity index (χ4n) is 3.54. The topological polar surface area (TPSA) is 66.5 Å². The Labute approximate surface area is 151 Å². The third-order valence-electron chi connectivity index (χ3n) is 4.89. The highest BCUT2D eigenvalue weighted by atomic mass is 32.2. The van der Waals surface area contributed by atoms with Crippen molar-refractivity contribution >= 4 is 21.6 Å². The molecule has 0 saturated heterocycles. The van der Waals surface area contributed by atoms with Gasteiger partial charge in [0, 0.05) is 24.7 Å². The molecule has 1 aromatic rings. The number of nitrogens with zero attached hydrogens (tertiary/aromatic N) is 1. The van der Waals surface area contributed by atoms with Crippen molar-refractivity contribution in [1.82, 2.24) is 4.31 Å². The molecule has 0 aromatic heterocycles. The number of hydrogen-bond acceptors (Lipinski definition) is 3. The van der Waals surface area contributed by atoms with E-state index in [9.17, 15) is 13.2 Å². The quantitative estimate of drug-likeness (QED) is 0.750. The number of hydrogen-bond donors (Lipinski definition) is 1. The van der Waals surface area contributed by atoms with E-state index < -0.39 is 10.0 Å². The molecule has 0 unspecified atom stereocenters. The van der Waals surface area contributed by atoms with Crippen LogP contribution in [-0.4, -0.2) is 37.5 Å². The van der Waals surface area contributed by atoms with Crippen molar-refractivity contribution in [3.8, 4) is 0 Å². The standard InChI is InChI=1S/C19H30N2O3S/c1-3-16-10-8-9-13-18(16)20-19(22)14-15-21(25(2,23)24)17-11-6-4-5-7-12-17/h8-10,13,17H,3-7,11-12,14-15H2,1-2H3,(H,20,22). The second-order valence-corrected chi connectivity index (χ2v) is 8.76. The van der Waals surface area contributed by atoms with Gasteiger partial charge in [0.1, 0.15) is 0 Å². The molecule has 1 aromatic carbocycles. The number of nitrogens with one attached hydrogen (secondary N) is 1. The first-order valence-electron chi connectivity index (χ1n) is 9.26. The first kappa shape index (κ1) is 19.9. The molecule has 0 spiro atoms. The van der Waals surface area contributed by atoms with Crippen LogP contribution in [0.25, 0.3) is 0 Å². The van der Waals surface area contributed by atoms with Gasteiger partial charge < -0.3 is 5.32 Å². The van der Waals surface area contributed by atoms with Crippen molar-refractivity contribution in [2.45, 2.75) is 64.3 Å². The maximum absolute atomic E-state index is 12.3. The molecule has 1 N–H and O–H groups in total. The maximum atomic E-state index is 12.3. The second-order valence-electron chi connectivity index (χ2n) is 6.83. The molecule has 0 heterocycles. The van der Waals surface area contributed by atoms with Crippen molar-refractivity contribution < 1.29 is 13.2 Å². The van der Waals surface area contributed by atoms with Crippen LogP contribution in [0.2, 0.25) is 0 Å². The minimum absolute atomic E-state index is 0.0354. The molecule has 5 nitrogen and oxygen atoms in total. The minimum Gasteiger partial charge on any atom is -0.326 e. The lowest BCUT2D eigenvalue weighted by molar-refractivity contribution is -0.116. The van der Waals surface area contributed by atoms with Gasteiger partial charge in [-0.25, -0.2) is 8.42 Å². The SMILES string of the molecule is CCc1ccccc1NC(=O)CCN(C1CCCCCC1)S(C)(=O)=O. The fourth-order valence-corrected chi connectivity index (χ4v) is 4.72. The van der Waals surface area contributed by atoms with E-state index in [1.54, 1.807) is 4.31 Å². The van der Waals surface area contributed by atoms with Gasteiger partial charge in [0.05, 0.1) is 6.26 Å². The Kier molecular flexibility index (Phi) is 7.44. The Hall–Kier alpha value is -1.40. The van der Waals surface area contributed by atoms with Gasteiger partial charge in [-0.2, -0.15) is 4.31 Å². The van der Waals surface area contributed by atoms with Crippen molar-refractivity contribution in [1.29, 1.82) is 0 Å². The molecule has 0 bridgehead atoms. The summed E-state index contributed by atoms with van der Waals surface area (Å²) in [5.41, 5.74) is 1.90. The highest BCUT2D eigenvalue weighted by Gasteiger charge is 2.27. The van der Waals surface area contributed by atoms with Crippen LogP contribution in [0.5, 0.6) is 0 Å². The van der Waals surface area contributed by atoms with E-state index in [0.29, 0.717) is 0 Å². The lowest BCUT2D eigenvalue weighted by Gasteiger charge is -2.28. The van der Waals surface area contributed by atoms with E-state index in [4.69, 9.17) is 0 Å². The summed E-state index contributed by atoms with van der Waals surface area (Å²) in [6.07, 6.45) is 8.53. The number of rotatable bonds is 7. The van der Waals surface area contributed by atoms with E-state index >= 15 is 0 Å². The monoisotopic (exact) mass is 366 g/mol. The van der Waals surface area contributed by atoms with Crippen LogP contribution < -0.4 is 5.32 Å². The molecule has 1 amide bonds. The molecule has 0 aliphatic heterocycles. The summed E-state index contributed by atoms with van der Waals surface area (Å²) in [5.74, 6) is -0.136. The van der Waals surface area contributed by atoms with Crippen LogP contribution in [0.1, 0.15) is 57.4 Å². The summed E-state index contributed by atoms with van der Waals surface area (Å²) >= 11 is 0. The van der Waals surface area contributed by atoms with Crippen molar-refractivity contribution in [3.63, 3.8) is 0 Å². The third-order valence-corrected chi connectivity index (χ3v) is 6.22. The molecule has 1 aliphatic carbocycles. The van der Waals surface area contributed by atoms with Crippen LogP contribution in [0, 0.1) is 0 Å². The number of carbonyl (C=O) groups excluding carboxylic acids is 1. The summed E-state index contributed by atoms with van der Waals surface area (Å²) in [6.45, 7) is 2.30. The number of para-hydroxylation sites is 1.